The number of carbonyl (C=O) groups is 1. The van der Waals surface area contributed by atoms with Crippen molar-refractivity contribution in [1.29, 1.82) is 0 Å². The summed E-state index contributed by atoms with van der Waals surface area (Å²) in [5.41, 5.74) is 2.62. The number of carboxylic acid groups (broad SMARTS) is 1. The Hall–Kier alpha value is -1.77. The highest BCUT2D eigenvalue weighted by atomic mass is 16.4. The van der Waals surface area contributed by atoms with Crippen LogP contribution in [0.5, 0.6) is 0 Å². The Morgan fingerprint density at radius 1 is 1.37 bits per heavy atom. The molecule has 19 heavy (non-hydrogen) atoms. The minimum Gasteiger partial charge on any atom is -0.478 e. The molecule has 0 spiro atoms. The molecule has 102 valence electrons. The van der Waals surface area contributed by atoms with Crippen LogP contribution in [0.1, 0.15) is 55.5 Å². The van der Waals surface area contributed by atoms with Gasteiger partial charge in [0, 0.05) is 23.6 Å². The summed E-state index contributed by atoms with van der Waals surface area (Å²) in [5, 5.41) is 10.2. The van der Waals surface area contributed by atoms with Crippen molar-refractivity contribution in [3.05, 3.63) is 35.5 Å². The third-order valence-corrected chi connectivity index (χ3v) is 3.55. The van der Waals surface area contributed by atoms with Gasteiger partial charge in [-0.15, -0.1) is 0 Å². The Balaban J connectivity index is 2.57. The number of aryl methyl sites for hydroxylation is 1. The average molecular weight is 259 g/mol. The molecule has 0 saturated heterocycles. The van der Waals surface area contributed by atoms with Crippen molar-refractivity contribution in [1.82, 2.24) is 4.57 Å². The van der Waals surface area contributed by atoms with Crippen molar-refractivity contribution in [2.24, 2.45) is 0 Å². The lowest BCUT2D eigenvalue weighted by atomic mass is 10.0. The first-order valence-corrected chi connectivity index (χ1v) is 6.90. The SMILES string of the molecule is CCCCn1cc(C(=O)O)c2cc(C(C)C)ccc21. The van der Waals surface area contributed by atoms with Gasteiger partial charge in [-0.25, -0.2) is 4.79 Å². The maximum Gasteiger partial charge on any atom is 0.337 e. The predicted octanol–water partition coefficient (Wildman–Crippen LogP) is 4.26. The van der Waals surface area contributed by atoms with Gasteiger partial charge in [0.25, 0.3) is 0 Å². The molecule has 1 aromatic heterocycles. The number of carboxylic acids is 1. The second-order valence-electron chi connectivity index (χ2n) is 5.33. The molecule has 0 radical (unpaired) electrons. The van der Waals surface area contributed by atoms with Crippen LogP contribution in [0.3, 0.4) is 0 Å². The Kier molecular flexibility index (Phi) is 3.93. The highest BCUT2D eigenvalue weighted by molar-refractivity contribution is 6.03. The molecule has 2 rings (SSSR count). The van der Waals surface area contributed by atoms with Crippen LogP contribution in [0.15, 0.2) is 24.4 Å². The summed E-state index contributed by atoms with van der Waals surface area (Å²) in [6.07, 6.45) is 3.94. The minimum atomic E-state index is -0.846. The average Bonchev–Trinajstić information content (AvgIpc) is 2.74. The maximum absolute atomic E-state index is 11.4. The third kappa shape index (κ3) is 2.65. The summed E-state index contributed by atoms with van der Waals surface area (Å²) in [7, 11) is 0. The lowest BCUT2D eigenvalue weighted by molar-refractivity contribution is 0.0699. The number of hydrogen-bond acceptors (Lipinski definition) is 1. The van der Waals surface area contributed by atoms with Crippen LogP contribution < -0.4 is 0 Å². The van der Waals surface area contributed by atoms with Crippen LogP contribution in [0.2, 0.25) is 0 Å². The summed E-state index contributed by atoms with van der Waals surface area (Å²) in [6.45, 7) is 7.26. The normalized spacial score (nSPS) is 11.4. The second-order valence-corrected chi connectivity index (χ2v) is 5.33. The van der Waals surface area contributed by atoms with Crippen molar-refractivity contribution >= 4 is 16.9 Å². The van der Waals surface area contributed by atoms with Gasteiger partial charge < -0.3 is 9.67 Å². The third-order valence-electron chi connectivity index (χ3n) is 3.55. The van der Waals surface area contributed by atoms with Gasteiger partial charge in [0.1, 0.15) is 0 Å². The standard InChI is InChI=1S/C16H21NO2/c1-4-5-8-17-10-14(16(18)19)13-9-12(11(2)3)6-7-15(13)17/h6-7,9-11H,4-5,8H2,1-3H3,(H,18,19). The van der Waals surface area contributed by atoms with Crippen molar-refractivity contribution in [3.8, 4) is 0 Å². The number of rotatable bonds is 5. The van der Waals surface area contributed by atoms with Crippen LogP contribution >= 0.6 is 0 Å². The summed E-state index contributed by atoms with van der Waals surface area (Å²) >= 11 is 0. The zero-order valence-corrected chi connectivity index (χ0v) is 11.8. The fraction of sp³-hybridized carbons (Fsp3) is 0.438. The van der Waals surface area contributed by atoms with Crippen LogP contribution in [0.25, 0.3) is 10.9 Å². The Bertz CT molecular complexity index is 596. The van der Waals surface area contributed by atoms with Gasteiger partial charge in [-0.3, -0.25) is 0 Å². The van der Waals surface area contributed by atoms with Gasteiger partial charge in [-0.1, -0.05) is 33.3 Å². The maximum atomic E-state index is 11.4. The van der Waals surface area contributed by atoms with E-state index < -0.39 is 5.97 Å². The lowest BCUT2D eigenvalue weighted by Crippen LogP contribution is -1.96. The van der Waals surface area contributed by atoms with E-state index in [9.17, 15) is 9.90 Å². The second kappa shape index (κ2) is 5.47. The zero-order valence-electron chi connectivity index (χ0n) is 11.8. The molecule has 1 N–H and O–H groups in total. The predicted molar refractivity (Wildman–Crippen MR) is 77.9 cm³/mol. The quantitative estimate of drug-likeness (QED) is 0.871. The molecule has 2 aromatic rings. The van der Waals surface area contributed by atoms with Gasteiger partial charge >= 0.3 is 5.97 Å². The van der Waals surface area contributed by atoms with E-state index in [2.05, 4.69) is 31.4 Å². The first kappa shape index (κ1) is 13.7. The van der Waals surface area contributed by atoms with E-state index in [1.165, 1.54) is 5.56 Å². The van der Waals surface area contributed by atoms with Crippen molar-refractivity contribution < 1.29 is 9.90 Å². The fourth-order valence-electron chi connectivity index (χ4n) is 2.36. The van der Waals surface area contributed by atoms with E-state index in [0.29, 0.717) is 11.5 Å². The van der Waals surface area contributed by atoms with Crippen LogP contribution in [-0.4, -0.2) is 15.6 Å². The van der Waals surface area contributed by atoms with Crippen molar-refractivity contribution in [2.75, 3.05) is 0 Å². The number of fused-ring (bicyclic) bond motifs is 1. The Labute approximate surface area is 113 Å². The van der Waals surface area contributed by atoms with Gasteiger partial charge in [-0.2, -0.15) is 0 Å². The number of benzene rings is 1. The Morgan fingerprint density at radius 3 is 2.68 bits per heavy atom. The van der Waals surface area contributed by atoms with Crippen LogP contribution in [0.4, 0.5) is 0 Å². The van der Waals surface area contributed by atoms with E-state index >= 15 is 0 Å². The highest BCUT2D eigenvalue weighted by Crippen LogP contribution is 2.26. The van der Waals surface area contributed by atoms with Gasteiger partial charge in [0.15, 0.2) is 0 Å². The van der Waals surface area contributed by atoms with Gasteiger partial charge in [0.2, 0.25) is 0 Å². The van der Waals surface area contributed by atoms with E-state index in [4.69, 9.17) is 0 Å². The number of aromatic carboxylic acids is 1. The van der Waals surface area contributed by atoms with Crippen LogP contribution in [0, 0.1) is 0 Å². The molecular weight excluding hydrogens is 238 g/mol. The van der Waals surface area contributed by atoms with Gasteiger partial charge in [0.05, 0.1) is 5.56 Å². The van der Waals surface area contributed by atoms with E-state index in [0.717, 1.165) is 30.3 Å². The van der Waals surface area contributed by atoms with E-state index in [-0.39, 0.29) is 0 Å². The topological polar surface area (TPSA) is 42.2 Å². The molecule has 0 aliphatic heterocycles. The number of nitrogens with zero attached hydrogens (tertiary/aromatic N) is 1. The van der Waals surface area contributed by atoms with Gasteiger partial charge in [-0.05, 0) is 30.0 Å². The number of hydrogen-bond donors (Lipinski definition) is 1. The molecule has 0 aliphatic rings. The zero-order chi connectivity index (χ0) is 14.0. The minimum absolute atomic E-state index is 0.407. The summed E-state index contributed by atoms with van der Waals surface area (Å²) in [6, 6.07) is 6.17. The molecule has 0 saturated carbocycles. The van der Waals surface area contributed by atoms with Crippen LogP contribution in [-0.2, 0) is 6.54 Å². The highest BCUT2D eigenvalue weighted by Gasteiger charge is 2.15. The smallest absolute Gasteiger partial charge is 0.337 e. The monoisotopic (exact) mass is 259 g/mol. The molecule has 0 unspecified atom stereocenters. The summed E-state index contributed by atoms with van der Waals surface area (Å²) in [5.74, 6) is -0.439. The van der Waals surface area contributed by atoms with E-state index in [1.807, 2.05) is 12.1 Å². The molecule has 3 nitrogen and oxygen atoms in total. The molecule has 1 heterocycles. The fourth-order valence-corrected chi connectivity index (χ4v) is 2.36. The number of aromatic nitrogens is 1. The molecule has 0 amide bonds. The van der Waals surface area contributed by atoms with Crippen molar-refractivity contribution in [2.45, 2.75) is 46.1 Å². The van der Waals surface area contributed by atoms with Crippen molar-refractivity contribution in [3.63, 3.8) is 0 Å². The molecule has 0 aliphatic carbocycles. The Morgan fingerprint density at radius 2 is 2.11 bits per heavy atom. The van der Waals surface area contributed by atoms with E-state index in [1.54, 1.807) is 6.20 Å². The molecule has 0 bridgehead atoms. The molecule has 1 aromatic carbocycles. The summed E-state index contributed by atoms with van der Waals surface area (Å²) < 4.78 is 2.06. The molecule has 0 fully saturated rings. The molecular formula is C16H21NO2. The lowest BCUT2D eigenvalue weighted by Gasteiger charge is -2.07. The molecule has 3 heteroatoms. The summed E-state index contributed by atoms with van der Waals surface area (Å²) in [4.78, 5) is 11.4. The first-order chi connectivity index (χ1) is 9.04. The number of unbranched alkanes of at least 4 members (excludes halogenated alkanes) is 1. The first-order valence-electron chi connectivity index (χ1n) is 6.90. The molecule has 0 atom stereocenters. The largest absolute Gasteiger partial charge is 0.478 e.